The molecule has 0 radical (unpaired) electrons. The maximum atomic E-state index is 9.24. The molecule has 0 rings (SSSR count). The first-order chi connectivity index (χ1) is 7.04. The van der Waals surface area contributed by atoms with Crippen molar-refractivity contribution >= 4 is 0 Å². The lowest BCUT2D eigenvalue weighted by atomic mass is 10.0. The van der Waals surface area contributed by atoms with Gasteiger partial charge in [0.25, 0.3) is 0 Å². The summed E-state index contributed by atoms with van der Waals surface area (Å²) in [4.78, 5) is 2.33. The van der Waals surface area contributed by atoms with Gasteiger partial charge >= 0.3 is 0 Å². The number of nitrogens with zero attached hydrogens (tertiary/aromatic N) is 3. The van der Waals surface area contributed by atoms with Crippen molar-refractivity contribution in [3.05, 3.63) is 10.4 Å². The summed E-state index contributed by atoms with van der Waals surface area (Å²) in [5.41, 5.74) is 9.95. The molecule has 0 aromatic rings. The van der Waals surface area contributed by atoms with E-state index in [-0.39, 0.29) is 6.54 Å². The molecule has 0 saturated heterocycles. The molecular weight excluding hydrogens is 208 g/mol. The minimum Gasteiger partial charge on any atom is -0.394 e. The lowest BCUT2D eigenvalue weighted by molar-refractivity contribution is -0.113. The zero-order valence-corrected chi connectivity index (χ0v) is 7.80. The number of hydrogen-bond donors (Lipinski definition) is 6. The highest BCUT2D eigenvalue weighted by molar-refractivity contribution is 4.81. The van der Waals surface area contributed by atoms with Gasteiger partial charge in [-0.25, -0.2) is 0 Å². The highest BCUT2D eigenvalue weighted by Gasteiger charge is 2.30. The van der Waals surface area contributed by atoms with Crippen LogP contribution in [-0.4, -0.2) is 63.1 Å². The van der Waals surface area contributed by atoms with Gasteiger partial charge in [0.15, 0.2) is 0 Å². The molecule has 0 spiro atoms. The van der Waals surface area contributed by atoms with E-state index in [4.69, 9.17) is 20.9 Å². The largest absolute Gasteiger partial charge is 0.394 e. The summed E-state index contributed by atoms with van der Waals surface area (Å²) >= 11 is 0. The summed E-state index contributed by atoms with van der Waals surface area (Å²) < 4.78 is 0. The van der Waals surface area contributed by atoms with Crippen molar-refractivity contribution in [1.29, 1.82) is 0 Å². The van der Waals surface area contributed by atoms with E-state index in [9.17, 15) is 10.2 Å². The summed E-state index contributed by atoms with van der Waals surface area (Å²) in [5, 5.41) is 47.9. The Hall–Kier alpha value is -1.09. The maximum Gasteiger partial charge on any atom is 0.120 e. The van der Waals surface area contributed by atoms with E-state index in [1.165, 1.54) is 0 Å². The second kappa shape index (κ2) is 7.23. The molecule has 0 aliphatic heterocycles. The molecule has 4 atom stereocenters. The smallest absolute Gasteiger partial charge is 0.120 e. The molecule has 0 saturated carbocycles. The van der Waals surface area contributed by atoms with Crippen LogP contribution >= 0.6 is 0 Å². The van der Waals surface area contributed by atoms with Gasteiger partial charge in [-0.2, -0.15) is 4.91 Å². The molecule has 6 N–H and O–H groups in total. The molecule has 15 heavy (non-hydrogen) atoms. The lowest BCUT2D eigenvalue weighted by Crippen LogP contribution is -2.48. The summed E-state index contributed by atoms with van der Waals surface area (Å²) in [5.74, 6) is 0. The normalized spacial score (nSPS) is 18.5. The first-order valence-electron chi connectivity index (χ1n) is 4.14. The monoisotopic (exact) mass is 222 g/mol. The van der Waals surface area contributed by atoms with Crippen LogP contribution in [0, 0.1) is 0 Å². The molecule has 0 aliphatic rings. The molecule has 0 unspecified atom stereocenters. The Kier molecular flexibility index (Phi) is 6.71. The minimum absolute atomic E-state index is 0.291. The average molecular weight is 222 g/mol. The van der Waals surface area contributed by atoms with Gasteiger partial charge < -0.3 is 25.5 Å². The van der Waals surface area contributed by atoms with Gasteiger partial charge in [0.05, 0.1) is 6.61 Å². The fraction of sp³-hybridized carbons (Fsp3) is 1.00. The molecule has 0 aromatic heterocycles. The quantitative estimate of drug-likeness (QED) is 0.118. The molecule has 0 fully saturated rings. The second-order valence-corrected chi connectivity index (χ2v) is 2.85. The van der Waals surface area contributed by atoms with Crippen molar-refractivity contribution in [3.63, 3.8) is 0 Å². The van der Waals surface area contributed by atoms with Gasteiger partial charge in [0.1, 0.15) is 31.0 Å². The van der Waals surface area contributed by atoms with E-state index in [2.05, 4.69) is 15.6 Å². The van der Waals surface area contributed by atoms with E-state index in [1.54, 1.807) is 0 Å². The van der Waals surface area contributed by atoms with Crippen molar-refractivity contribution in [1.82, 2.24) is 5.43 Å². The van der Waals surface area contributed by atoms with Crippen molar-refractivity contribution < 1.29 is 25.5 Å². The van der Waals surface area contributed by atoms with Gasteiger partial charge in [-0.05, 0) is 5.22 Å². The Labute approximate surface area is 85.2 Å². The molecule has 0 bridgehead atoms. The van der Waals surface area contributed by atoms with Crippen LogP contribution in [0.5, 0.6) is 0 Å². The predicted octanol–water partition coefficient (Wildman–Crippen LogP) is -2.76. The van der Waals surface area contributed by atoms with E-state index in [1.807, 2.05) is 0 Å². The number of hydrogen-bond acceptors (Lipinski definition) is 6. The van der Waals surface area contributed by atoms with Crippen LogP contribution in [-0.2, 0) is 0 Å². The average Bonchev–Trinajstić information content (AvgIpc) is 2.26. The zero-order chi connectivity index (χ0) is 11.8. The van der Waals surface area contributed by atoms with Crippen LogP contribution in [0.25, 0.3) is 10.4 Å². The standard InChI is InChI=1S/C6H14N4O5/c7-9-10-8-1-3(12)5(14)6(15)4(13)2-11/h3-6,8,11-15H,1-2H2/t3-,4+,5+,6+/m0/s1. The van der Waals surface area contributed by atoms with Crippen LogP contribution in [0.4, 0.5) is 0 Å². The Balaban J connectivity index is 4.05. The number of nitrogens with one attached hydrogen (secondary N) is 1. The molecule has 9 heteroatoms. The minimum atomic E-state index is -1.68. The maximum absolute atomic E-state index is 9.24. The summed E-state index contributed by atoms with van der Waals surface area (Å²) in [6.07, 6.45) is -6.33. The fourth-order valence-corrected chi connectivity index (χ4v) is 0.850. The van der Waals surface area contributed by atoms with Gasteiger partial charge in [0, 0.05) is 0 Å². The number of azide groups is 1. The van der Waals surface area contributed by atoms with Crippen molar-refractivity contribution in [2.75, 3.05) is 13.2 Å². The van der Waals surface area contributed by atoms with Crippen LogP contribution in [0.2, 0.25) is 0 Å². The number of rotatable bonds is 7. The second-order valence-electron chi connectivity index (χ2n) is 2.85. The van der Waals surface area contributed by atoms with Crippen LogP contribution in [0.15, 0.2) is 5.22 Å². The third kappa shape index (κ3) is 4.79. The van der Waals surface area contributed by atoms with Gasteiger partial charge in [-0.15, -0.1) is 5.53 Å². The third-order valence-corrected chi connectivity index (χ3v) is 1.74. The molecule has 88 valence electrons. The summed E-state index contributed by atoms with van der Waals surface area (Å²) in [6, 6.07) is 0. The zero-order valence-electron chi connectivity index (χ0n) is 7.80. The molecular formula is C6H14N4O5. The van der Waals surface area contributed by atoms with E-state index >= 15 is 0 Å². The molecule has 0 aromatic carbocycles. The van der Waals surface area contributed by atoms with Crippen LogP contribution in [0.3, 0.4) is 0 Å². The first-order valence-corrected chi connectivity index (χ1v) is 4.14. The third-order valence-electron chi connectivity index (χ3n) is 1.74. The highest BCUT2D eigenvalue weighted by atomic mass is 16.4. The number of aliphatic hydroxyl groups is 5. The lowest BCUT2D eigenvalue weighted by Gasteiger charge is -2.24. The SMILES string of the molecule is [N-]=[N+]=NNC[C@H](O)[C@@H](O)[C@H](O)[C@H](O)CO. The molecule has 0 heterocycles. The van der Waals surface area contributed by atoms with Gasteiger partial charge in [0.2, 0.25) is 0 Å². The molecule has 9 nitrogen and oxygen atoms in total. The first kappa shape index (κ1) is 13.9. The Bertz CT molecular complexity index is 222. The topological polar surface area (TPSA) is 162 Å². The fourth-order valence-electron chi connectivity index (χ4n) is 0.850. The Morgan fingerprint density at radius 2 is 1.67 bits per heavy atom. The van der Waals surface area contributed by atoms with Crippen LogP contribution < -0.4 is 5.43 Å². The summed E-state index contributed by atoms with van der Waals surface area (Å²) in [7, 11) is 0. The molecule has 0 amide bonds. The highest BCUT2D eigenvalue weighted by Crippen LogP contribution is 2.04. The molecule has 0 aliphatic carbocycles. The number of aliphatic hydroxyl groups excluding tert-OH is 5. The van der Waals surface area contributed by atoms with E-state index in [0.717, 1.165) is 0 Å². The van der Waals surface area contributed by atoms with Crippen LogP contribution in [0.1, 0.15) is 0 Å². The van der Waals surface area contributed by atoms with Crippen molar-refractivity contribution in [2.45, 2.75) is 24.4 Å². The van der Waals surface area contributed by atoms with Crippen molar-refractivity contribution in [3.8, 4) is 0 Å². The van der Waals surface area contributed by atoms with Gasteiger partial charge in [-0.3, -0.25) is 5.43 Å². The van der Waals surface area contributed by atoms with Crippen molar-refractivity contribution in [2.24, 2.45) is 5.22 Å². The van der Waals surface area contributed by atoms with Gasteiger partial charge in [-0.1, -0.05) is 0 Å². The Morgan fingerprint density at radius 3 is 2.13 bits per heavy atom. The van der Waals surface area contributed by atoms with E-state index in [0.29, 0.717) is 0 Å². The Morgan fingerprint density at radius 1 is 1.13 bits per heavy atom. The predicted molar refractivity (Wildman–Crippen MR) is 48.3 cm³/mol. The summed E-state index contributed by atoms with van der Waals surface area (Å²) in [6.45, 7) is -1.03. The van der Waals surface area contributed by atoms with E-state index < -0.39 is 31.0 Å².